The molecular formula is C26H22BrClN2O5. The molecule has 0 atom stereocenters. The van der Waals surface area contributed by atoms with Crippen molar-refractivity contribution in [2.24, 2.45) is 0 Å². The number of ether oxygens (including phenoxy) is 3. The van der Waals surface area contributed by atoms with Crippen molar-refractivity contribution in [2.45, 2.75) is 6.42 Å². The zero-order valence-corrected chi connectivity index (χ0v) is 21.1. The molecule has 4 rings (SSSR count). The molecule has 1 heterocycles. The minimum Gasteiger partial charge on any atom is -0.493 e. The summed E-state index contributed by atoms with van der Waals surface area (Å²) in [5, 5.41) is 1.88. The second-order valence-corrected chi connectivity index (χ2v) is 8.80. The van der Waals surface area contributed by atoms with Gasteiger partial charge in [-0.25, -0.2) is 5.01 Å². The van der Waals surface area contributed by atoms with E-state index < -0.39 is 11.8 Å². The summed E-state index contributed by atoms with van der Waals surface area (Å²) in [6, 6.07) is 19.5. The molecule has 9 heteroatoms. The highest BCUT2D eigenvalue weighted by atomic mass is 79.9. The van der Waals surface area contributed by atoms with Crippen LogP contribution in [0, 0.1) is 0 Å². The van der Waals surface area contributed by atoms with Crippen molar-refractivity contribution in [1.82, 2.24) is 5.43 Å². The van der Waals surface area contributed by atoms with Crippen LogP contribution in [0.15, 0.2) is 76.8 Å². The lowest BCUT2D eigenvalue weighted by molar-refractivity contribution is -0.117. The first kappa shape index (κ1) is 24.6. The van der Waals surface area contributed by atoms with Gasteiger partial charge in [0.05, 0.1) is 30.5 Å². The fourth-order valence-electron chi connectivity index (χ4n) is 3.40. The van der Waals surface area contributed by atoms with E-state index in [0.717, 1.165) is 5.75 Å². The van der Waals surface area contributed by atoms with Crippen LogP contribution in [0.1, 0.15) is 12.0 Å². The van der Waals surface area contributed by atoms with E-state index in [1.54, 1.807) is 48.5 Å². The predicted molar refractivity (Wildman–Crippen MR) is 138 cm³/mol. The molecule has 0 aromatic heterocycles. The number of benzene rings is 3. The van der Waals surface area contributed by atoms with E-state index in [0.29, 0.717) is 51.9 Å². The molecule has 1 N–H and O–H groups in total. The van der Waals surface area contributed by atoms with E-state index in [2.05, 4.69) is 21.4 Å². The summed E-state index contributed by atoms with van der Waals surface area (Å²) < 4.78 is 17.7. The third-order valence-corrected chi connectivity index (χ3v) is 5.93. The first-order valence-electron chi connectivity index (χ1n) is 10.8. The number of nitrogens with zero attached hydrogens (tertiary/aromatic N) is 1. The molecule has 35 heavy (non-hydrogen) atoms. The minimum atomic E-state index is -0.477. The van der Waals surface area contributed by atoms with Gasteiger partial charge in [-0.2, -0.15) is 0 Å². The first-order valence-corrected chi connectivity index (χ1v) is 11.9. The molecule has 1 aliphatic heterocycles. The number of rotatable bonds is 9. The molecule has 3 aromatic rings. The van der Waals surface area contributed by atoms with Crippen LogP contribution < -0.4 is 24.6 Å². The molecule has 1 saturated heterocycles. The quantitative estimate of drug-likeness (QED) is 0.216. The second-order valence-electron chi connectivity index (χ2n) is 7.51. The number of anilines is 1. The normalized spacial score (nSPS) is 14.3. The molecule has 0 saturated carbocycles. The van der Waals surface area contributed by atoms with Crippen molar-refractivity contribution in [3.63, 3.8) is 0 Å². The number of halogens is 2. The molecule has 0 bridgehead atoms. The maximum Gasteiger partial charge on any atom is 0.282 e. The van der Waals surface area contributed by atoms with Gasteiger partial charge in [0, 0.05) is 11.4 Å². The largest absolute Gasteiger partial charge is 0.493 e. The maximum absolute atomic E-state index is 12.8. The zero-order valence-electron chi connectivity index (χ0n) is 18.8. The van der Waals surface area contributed by atoms with Crippen LogP contribution in [0.25, 0.3) is 6.08 Å². The van der Waals surface area contributed by atoms with Crippen molar-refractivity contribution in [3.05, 3.63) is 87.4 Å². The van der Waals surface area contributed by atoms with Crippen LogP contribution in [0.2, 0.25) is 5.02 Å². The molecular weight excluding hydrogens is 536 g/mol. The third-order valence-electron chi connectivity index (χ3n) is 5.09. The number of para-hydroxylation sites is 1. The van der Waals surface area contributed by atoms with Crippen LogP contribution in [0.3, 0.4) is 0 Å². The lowest BCUT2D eigenvalue weighted by Gasteiger charge is -2.14. The number of nitrogens with one attached hydrogen (secondary N) is 1. The third kappa shape index (κ3) is 5.96. The van der Waals surface area contributed by atoms with Crippen molar-refractivity contribution in [3.8, 4) is 17.2 Å². The van der Waals surface area contributed by atoms with E-state index in [1.165, 1.54) is 18.2 Å². The average Bonchev–Trinajstić information content (AvgIpc) is 3.14. The van der Waals surface area contributed by atoms with Gasteiger partial charge in [0.1, 0.15) is 11.3 Å². The Hall–Kier alpha value is -3.49. The lowest BCUT2D eigenvalue weighted by atomic mass is 10.1. The van der Waals surface area contributed by atoms with Crippen LogP contribution in [-0.2, 0) is 9.59 Å². The Balaban J connectivity index is 1.41. The lowest BCUT2D eigenvalue weighted by Crippen LogP contribution is -2.35. The Labute approximate surface area is 216 Å². The molecule has 180 valence electrons. The Bertz CT molecular complexity index is 1250. The monoisotopic (exact) mass is 556 g/mol. The summed E-state index contributed by atoms with van der Waals surface area (Å²) in [6.07, 6.45) is 2.17. The van der Waals surface area contributed by atoms with E-state index in [9.17, 15) is 9.59 Å². The molecule has 2 amide bonds. The molecule has 0 radical (unpaired) electrons. The standard InChI is InChI=1S/C26H22BrClN2O5/c1-33-23-16-17(14-21-25(31)29-30(26(21)32)19-6-3-2-4-7-19)15-22(27)24(23)35-13-5-12-34-20-10-8-18(28)9-11-20/h2-4,6-11,14-16H,5,12-13H2,1H3,(H,29,31)/b21-14+. The first-order chi connectivity index (χ1) is 17.0. The van der Waals surface area contributed by atoms with Gasteiger partial charge in [-0.3, -0.25) is 15.0 Å². The summed E-state index contributed by atoms with van der Waals surface area (Å²) in [6.45, 7) is 0.872. The van der Waals surface area contributed by atoms with E-state index in [1.807, 2.05) is 18.2 Å². The number of hydrazine groups is 1. The van der Waals surface area contributed by atoms with E-state index in [4.69, 9.17) is 25.8 Å². The maximum atomic E-state index is 12.8. The van der Waals surface area contributed by atoms with Gasteiger partial charge in [-0.05, 0) is 76.1 Å². The predicted octanol–water partition coefficient (Wildman–Crippen LogP) is 5.42. The fourth-order valence-corrected chi connectivity index (χ4v) is 4.10. The number of methoxy groups -OCH3 is 1. The molecule has 1 fully saturated rings. The second kappa shape index (κ2) is 11.3. The smallest absolute Gasteiger partial charge is 0.282 e. The molecule has 1 aliphatic rings. The van der Waals surface area contributed by atoms with Gasteiger partial charge in [0.15, 0.2) is 11.5 Å². The highest BCUT2D eigenvalue weighted by Crippen LogP contribution is 2.37. The number of hydrogen-bond donors (Lipinski definition) is 1. The minimum absolute atomic E-state index is 0.0239. The van der Waals surface area contributed by atoms with Gasteiger partial charge >= 0.3 is 0 Å². The highest BCUT2D eigenvalue weighted by Gasteiger charge is 2.34. The van der Waals surface area contributed by atoms with Gasteiger partial charge in [-0.1, -0.05) is 29.8 Å². The number of carbonyl (C=O) groups is 2. The van der Waals surface area contributed by atoms with E-state index in [-0.39, 0.29) is 5.57 Å². The average molecular weight is 558 g/mol. The Morgan fingerprint density at radius 2 is 1.71 bits per heavy atom. The molecule has 3 aromatic carbocycles. The fraction of sp³-hybridized carbons (Fsp3) is 0.154. The molecule has 7 nitrogen and oxygen atoms in total. The summed E-state index contributed by atoms with van der Waals surface area (Å²) in [5.41, 5.74) is 3.81. The summed E-state index contributed by atoms with van der Waals surface area (Å²) in [5.74, 6) is 0.819. The van der Waals surface area contributed by atoms with Crippen LogP contribution in [-0.4, -0.2) is 32.1 Å². The molecule has 0 aliphatic carbocycles. The van der Waals surface area contributed by atoms with Crippen molar-refractivity contribution < 1.29 is 23.8 Å². The summed E-state index contributed by atoms with van der Waals surface area (Å²) >= 11 is 9.38. The summed E-state index contributed by atoms with van der Waals surface area (Å²) in [4.78, 5) is 25.3. The zero-order chi connectivity index (χ0) is 24.8. The van der Waals surface area contributed by atoms with Gasteiger partial charge in [0.25, 0.3) is 11.8 Å². The number of amides is 2. The van der Waals surface area contributed by atoms with Crippen LogP contribution >= 0.6 is 27.5 Å². The van der Waals surface area contributed by atoms with E-state index >= 15 is 0 Å². The van der Waals surface area contributed by atoms with Crippen LogP contribution in [0.5, 0.6) is 17.2 Å². The van der Waals surface area contributed by atoms with Crippen molar-refractivity contribution in [1.29, 1.82) is 0 Å². The Morgan fingerprint density at radius 1 is 1.00 bits per heavy atom. The highest BCUT2D eigenvalue weighted by molar-refractivity contribution is 9.10. The van der Waals surface area contributed by atoms with Gasteiger partial charge in [0.2, 0.25) is 0 Å². The SMILES string of the molecule is COc1cc(/C=C2\C(=O)NN(c3ccccc3)C2=O)cc(Br)c1OCCCOc1ccc(Cl)cc1. The van der Waals surface area contributed by atoms with Gasteiger partial charge in [-0.15, -0.1) is 0 Å². The van der Waals surface area contributed by atoms with Crippen molar-refractivity contribution in [2.75, 3.05) is 25.3 Å². The van der Waals surface area contributed by atoms with Crippen LogP contribution in [0.4, 0.5) is 5.69 Å². The van der Waals surface area contributed by atoms with Crippen molar-refractivity contribution >= 4 is 51.1 Å². The van der Waals surface area contributed by atoms with Gasteiger partial charge < -0.3 is 14.2 Å². The number of hydrogen-bond acceptors (Lipinski definition) is 5. The Morgan fingerprint density at radius 3 is 2.43 bits per heavy atom. The molecule has 0 spiro atoms. The molecule has 0 unspecified atom stereocenters. The number of carbonyl (C=O) groups excluding carboxylic acids is 2. The summed E-state index contributed by atoms with van der Waals surface area (Å²) in [7, 11) is 1.53. The Kier molecular flexibility index (Phi) is 7.94. The topological polar surface area (TPSA) is 77.1 Å².